The Kier molecular flexibility index (Phi) is 4.64. The molecule has 0 bridgehead atoms. The largest absolute Gasteiger partial charge is 0.478 e. The van der Waals surface area contributed by atoms with Gasteiger partial charge in [-0.25, -0.2) is 4.79 Å². The molecule has 0 unspecified atom stereocenters. The zero-order valence-corrected chi connectivity index (χ0v) is 9.46. The Morgan fingerprint density at radius 1 is 1.17 bits per heavy atom. The number of hydrogen-bond acceptors (Lipinski definition) is 5. The Morgan fingerprint density at radius 3 is 2.22 bits per heavy atom. The maximum absolute atomic E-state index is 11.7. The lowest BCUT2D eigenvalue weighted by Gasteiger charge is -2.13. The summed E-state index contributed by atoms with van der Waals surface area (Å²) in [6.45, 7) is -0.841. The molecule has 1 amide bonds. The third kappa shape index (κ3) is 3.44. The van der Waals surface area contributed by atoms with Crippen LogP contribution in [0.1, 0.15) is 20.7 Å². The number of carbonyl (C=O) groups is 2. The highest BCUT2D eigenvalue weighted by atomic mass is 16.4. The smallest absolute Gasteiger partial charge is 0.335 e. The second kappa shape index (κ2) is 5.99. The highest BCUT2D eigenvalue weighted by Gasteiger charge is 2.14. The number of aromatic carboxylic acids is 1. The van der Waals surface area contributed by atoms with Crippen molar-refractivity contribution in [1.82, 2.24) is 5.32 Å². The van der Waals surface area contributed by atoms with Crippen LogP contribution in [0.4, 0.5) is 5.69 Å². The Labute approximate surface area is 103 Å². The van der Waals surface area contributed by atoms with Crippen LogP contribution in [0.15, 0.2) is 18.2 Å². The molecule has 0 aliphatic rings. The van der Waals surface area contributed by atoms with Gasteiger partial charge in [0.1, 0.15) is 0 Å². The number of carbonyl (C=O) groups excluding carboxylic acids is 1. The van der Waals surface area contributed by atoms with Crippen molar-refractivity contribution in [3.05, 3.63) is 29.3 Å². The molecule has 1 rings (SSSR count). The van der Waals surface area contributed by atoms with Gasteiger partial charge >= 0.3 is 5.97 Å². The van der Waals surface area contributed by atoms with Gasteiger partial charge in [-0.15, -0.1) is 0 Å². The summed E-state index contributed by atoms with van der Waals surface area (Å²) < 4.78 is 0. The fourth-order valence-electron chi connectivity index (χ4n) is 1.32. The molecule has 1 aromatic rings. The van der Waals surface area contributed by atoms with Gasteiger partial charge in [-0.2, -0.15) is 0 Å². The third-order valence-electron chi connectivity index (χ3n) is 2.24. The van der Waals surface area contributed by atoms with Crippen molar-refractivity contribution >= 4 is 17.6 Å². The molecule has 0 saturated carbocycles. The molecule has 0 spiro atoms. The molecule has 0 saturated heterocycles. The zero-order chi connectivity index (χ0) is 13.7. The molecule has 0 atom stereocenters. The fraction of sp³-hybridized carbons (Fsp3) is 0.273. The van der Waals surface area contributed by atoms with Crippen LogP contribution >= 0.6 is 0 Å². The van der Waals surface area contributed by atoms with Crippen LogP contribution in [0, 0.1) is 0 Å². The summed E-state index contributed by atoms with van der Waals surface area (Å²) in [6, 6.07) is 2.91. The van der Waals surface area contributed by atoms with Crippen molar-refractivity contribution in [3.63, 3.8) is 0 Å². The van der Waals surface area contributed by atoms with E-state index in [0.717, 1.165) is 0 Å². The summed E-state index contributed by atoms with van der Waals surface area (Å²) >= 11 is 0. The number of nitrogen functional groups attached to an aromatic ring is 1. The van der Waals surface area contributed by atoms with E-state index in [1.165, 1.54) is 18.2 Å². The highest BCUT2D eigenvalue weighted by molar-refractivity contribution is 5.98. The second-order valence-electron chi connectivity index (χ2n) is 3.68. The maximum Gasteiger partial charge on any atom is 0.335 e. The summed E-state index contributed by atoms with van der Waals surface area (Å²) in [6.07, 6.45) is 0. The lowest BCUT2D eigenvalue weighted by molar-refractivity contribution is 0.0697. The van der Waals surface area contributed by atoms with Gasteiger partial charge in [-0.05, 0) is 18.2 Å². The summed E-state index contributed by atoms with van der Waals surface area (Å²) in [7, 11) is 0. The Balaban J connectivity index is 2.95. The Bertz CT molecular complexity index is 457. The molecule has 0 radical (unpaired) electrons. The van der Waals surface area contributed by atoms with E-state index in [9.17, 15) is 9.59 Å². The molecular formula is C11H14N2O5. The number of carboxylic acid groups (broad SMARTS) is 1. The first-order chi connectivity index (χ1) is 8.47. The number of amides is 1. The van der Waals surface area contributed by atoms with E-state index >= 15 is 0 Å². The maximum atomic E-state index is 11.7. The standard InChI is InChI=1S/C11H14N2O5/c12-8-2-6(1-7(3-8)11(17)18)10(16)13-9(4-14)5-15/h1-3,9,14-15H,4-5,12H2,(H,13,16)(H,17,18). The van der Waals surface area contributed by atoms with Crippen molar-refractivity contribution in [2.45, 2.75) is 6.04 Å². The minimum Gasteiger partial charge on any atom is -0.478 e. The number of rotatable bonds is 5. The predicted molar refractivity (Wildman–Crippen MR) is 63.2 cm³/mol. The predicted octanol–water partition coefficient (Wildman–Crippen LogP) is -0.950. The summed E-state index contributed by atoms with van der Waals surface area (Å²) in [5.74, 6) is -1.81. The number of nitrogens with two attached hydrogens (primary N) is 1. The topological polar surface area (TPSA) is 133 Å². The minimum atomic E-state index is -1.20. The number of aliphatic hydroxyl groups excluding tert-OH is 2. The van der Waals surface area contributed by atoms with Gasteiger partial charge in [0.2, 0.25) is 0 Å². The first-order valence-electron chi connectivity index (χ1n) is 5.14. The van der Waals surface area contributed by atoms with Crippen molar-refractivity contribution in [3.8, 4) is 0 Å². The molecule has 0 aliphatic heterocycles. The molecule has 6 N–H and O–H groups in total. The van der Waals surface area contributed by atoms with Crippen molar-refractivity contribution in [2.24, 2.45) is 0 Å². The van der Waals surface area contributed by atoms with E-state index in [2.05, 4.69) is 5.32 Å². The molecule has 7 nitrogen and oxygen atoms in total. The summed E-state index contributed by atoms with van der Waals surface area (Å²) in [5, 5.41) is 28.8. The molecule has 98 valence electrons. The molecule has 1 aromatic carbocycles. The van der Waals surface area contributed by atoms with Crippen LogP contribution in [0.5, 0.6) is 0 Å². The second-order valence-corrected chi connectivity index (χ2v) is 3.68. The summed E-state index contributed by atoms with van der Waals surface area (Å²) in [5.41, 5.74) is 5.58. The van der Waals surface area contributed by atoms with E-state index in [0.29, 0.717) is 0 Å². The normalized spacial score (nSPS) is 10.4. The van der Waals surface area contributed by atoms with Crippen molar-refractivity contribution in [2.75, 3.05) is 18.9 Å². The Hall–Kier alpha value is -2.12. The quantitative estimate of drug-likeness (QED) is 0.430. The van der Waals surface area contributed by atoms with Crippen LogP contribution < -0.4 is 11.1 Å². The highest BCUT2D eigenvalue weighted by Crippen LogP contribution is 2.12. The molecule has 18 heavy (non-hydrogen) atoms. The SMILES string of the molecule is Nc1cc(C(=O)O)cc(C(=O)NC(CO)CO)c1. The number of benzene rings is 1. The fourth-order valence-corrected chi connectivity index (χ4v) is 1.32. The average molecular weight is 254 g/mol. The summed E-state index contributed by atoms with van der Waals surface area (Å²) in [4.78, 5) is 22.5. The van der Waals surface area contributed by atoms with Crippen molar-refractivity contribution < 1.29 is 24.9 Å². The lowest BCUT2D eigenvalue weighted by Crippen LogP contribution is -2.40. The number of hydrogen-bond donors (Lipinski definition) is 5. The van der Waals surface area contributed by atoms with Gasteiger partial charge in [0.15, 0.2) is 0 Å². The minimum absolute atomic E-state index is 0.0549. The number of carboxylic acids is 1. The van der Waals surface area contributed by atoms with Crippen LogP contribution in [0.2, 0.25) is 0 Å². The van der Waals surface area contributed by atoms with E-state index in [4.69, 9.17) is 21.1 Å². The Morgan fingerprint density at radius 2 is 1.72 bits per heavy atom. The van der Waals surface area contributed by atoms with Gasteiger partial charge in [0, 0.05) is 11.3 Å². The number of anilines is 1. The van der Waals surface area contributed by atoms with Gasteiger partial charge in [-0.3, -0.25) is 4.79 Å². The molecular weight excluding hydrogens is 240 g/mol. The van der Waals surface area contributed by atoms with Crippen LogP contribution in [-0.2, 0) is 0 Å². The zero-order valence-electron chi connectivity index (χ0n) is 9.46. The molecule has 0 aliphatic carbocycles. The van der Waals surface area contributed by atoms with Crippen LogP contribution in [-0.4, -0.2) is 46.5 Å². The monoisotopic (exact) mass is 254 g/mol. The van der Waals surface area contributed by atoms with Crippen LogP contribution in [0.25, 0.3) is 0 Å². The van der Waals surface area contributed by atoms with Gasteiger partial charge in [0.25, 0.3) is 5.91 Å². The van der Waals surface area contributed by atoms with Gasteiger partial charge in [-0.1, -0.05) is 0 Å². The van der Waals surface area contributed by atoms with Crippen LogP contribution in [0.3, 0.4) is 0 Å². The third-order valence-corrected chi connectivity index (χ3v) is 2.24. The molecule has 0 aromatic heterocycles. The number of aliphatic hydroxyl groups is 2. The lowest BCUT2D eigenvalue weighted by atomic mass is 10.1. The average Bonchev–Trinajstić information content (AvgIpc) is 2.34. The number of nitrogens with one attached hydrogen (secondary N) is 1. The molecule has 0 fully saturated rings. The van der Waals surface area contributed by atoms with E-state index in [-0.39, 0.29) is 16.8 Å². The first kappa shape index (κ1) is 13.9. The van der Waals surface area contributed by atoms with E-state index in [1.807, 2.05) is 0 Å². The molecule has 7 heteroatoms. The first-order valence-corrected chi connectivity index (χ1v) is 5.14. The van der Waals surface area contributed by atoms with Gasteiger partial charge < -0.3 is 26.4 Å². The molecule has 0 heterocycles. The van der Waals surface area contributed by atoms with E-state index < -0.39 is 31.1 Å². The van der Waals surface area contributed by atoms with Gasteiger partial charge in [0.05, 0.1) is 24.8 Å². The van der Waals surface area contributed by atoms with Crippen molar-refractivity contribution in [1.29, 1.82) is 0 Å². The van der Waals surface area contributed by atoms with E-state index in [1.54, 1.807) is 0 Å².